The molecule has 0 saturated heterocycles. The largest absolute Gasteiger partial charge is 0.475 e. The van der Waals surface area contributed by atoms with Crippen LogP contribution in [0, 0.1) is 5.92 Å². The monoisotopic (exact) mass is 236 g/mol. The maximum Gasteiger partial charge on any atom is 0.213 e. The Morgan fingerprint density at radius 1 is 1.29 bits per heavy atom. The molecular formula is C14H24N2O. The molecule has 0 fully saturated rings. The van der Waals surface area contributed by atoms with Gasteiger partial charge in [-0.05, 0) is 44.9 Å². The van der Waals surface area contributed by atoms with E-state index in [1.807, 2.05) is 19.2 Å². The summed E-state index contributed by atoms with van der Waals surface area (Å²) < 4.78 is 5.82. The number of rotatable bonds is 6. The summed E-state index contributed by atoms with van der Waals surface area (Å²) >= 11 is 0. The van der Waals surface area contributed by atoms with Crippen molar-refractivity contribution in [3.8, 4) is 5.88 Å². The van der Waals surface area contributed by atoms with E-state index in [0.29, 0.717) is 12.0 Å². The number of hydrogen-bond acceptors (Lipinski definition) is 3. The first-order valence-electron chi connectivity index (χ1n) is 6.32. The number of aromatic nitrogens is 1. The van der Waals surface area contributed by atoms with Crippen molar-refractivity contribution in [2.45, 2.75) is 46.3 Å². The van der Waals surface area contributed by atoms with Crippen LogP contribution in [0.2, 0.25) is 0 Å². The van der Waals surface area contributed by atoms with Crippen molar-refractivity contribution in [2.24, 2.45) is 5.92 Å². The van der Waals surface area contributed by atoms with Crippen LogP contribution >= 0.6 is 0 Å². The first-order chi connectivity index (χ1) is 8.02. The standard InChI is InChI=1S/C14H24N2O/c1-10(2)8-11(3)17-14-9-13(6-7-16-14)12(4)15-5/h6-7,9-12,15H,8H2,1-5H3. The highest BCUT2D eigenvalue weighted by molar-refractivity contribution is 5.23. The van der Waals surface area contributed by atoms with E-state index in [2.05, 4.69) is 38.0 Å². The molecule has 0 aliphatic heterocycles. The van der Waals surface area contributed by atoms with Gasteiger partial charge in [0.1, 0.15) is 0 Å². The molecule has 17 heavy (non-hydrogen) atoms. The fraction of sp³-hybridized carbons (Fsp3) is 0.643. The average molecular weight is 236 g/mol. The zero-order valence-corrected chi connectivity index (χ0v) is 11.5. The van der Waals surface area contributed by atoms with Crippen LogP contribution in [0.1, 0.15) is 45.7 Å². The summed E-state index contributed by atoms with van der Waals surface area (Å²) in [6.07, 6.45) is 3.07. The van der Waals surface area contributed by atoms with Crippen LogP contribution in [0.5, 0.6) is 5.88 Å². The number of hydrogen-bond donors (Lipinski definition) is 1. The predicted molar refractivity (Wildman–Crippen MR) is 71.3 cm³/mol. The Hall–Kier alpha value is -1.09. The highest BCUT2D eigenvalue weighted by atomic mass is 16.5. The molecule has 0 saturated carbocycles. The summed E-state index contributed by atoms with van der Waals surface area (Å²) in [6, 6.07) is 4.35. The van der Waals surface area contributed by atoms with Gasteiger partial charge in [0.2, 0.25) is 5.88 Å². The van der Waals surface area contributed by atoms with Crippen LogP contribution in [0.25, 0.3) is 0 Å². The van der Waals surface area contributed by atoms with Crippen LogP contribution in [0.3, 0.4) is 0 Å². The molecule has 2 unspecified atom stereocenters. The number of nitrogens with one attached hydrogen (secondary N) is 1. The van der Waals surface area contributed by atoms with Gasteiger partial charge >= 0.3 is 0 Å². The molecule has 0 radical (unpaired) electrons. The molecule has 1 aromatic rings. The molecule has 1 aromatic heterocycles. The molecule has 0 bridgehead atoms. The van der Waals surface area contributed by atoms with E-state index in [9.17, 15) is 0 Å². The van der Waals surface area contributed by atoms with E-state index in [0.717, 1.165) is 12.3 Å². The highest BCUT2D eigenvalue weighted by Crippen LogP contribution is 2.18. The van der Waals surface area contributed by atoms with Gasteiger partial charge in [0.25, 0.3) is 0 Å². The predicted octanol–water partition coefficient (Wildman–Crippen LogP) is 3.18. The summed E-state index contributed by atoms with van der Waals surface area (Å²) in [4.78, 5) is 4.25. The van der Waals surface area contributed by atoms with Gasteiger partial charge < -0.3 is 10.1 Å². The second kappa shape index (κ2) is 6.60. The molecule has 3 nitrogen and oxygen atoms in total. The second-order valence-corrected chi connectivity index (χ2v) is 5.00. The first kappa shape index (κ1) is 14.0. The van der Waals surface area contributed by atoms with Crippen LogP contribution in [0.15, 0.2) is 18.3 Å². The molecule has 0 aliphatic rings. The molecule has 1 heterocycles. The lowest BCUT2D eigenvalue weighted by molar-refractivity contribution is 0.185. The minimum atomic E-state index is 0.211. The van der Waals surface area contributed by atoms with Gasteiger partial charge in [-0.3, -0.25) is 0 Å². The van der Waals surface area contributed by atoms with Gasteiger partial charge in [-0.15, -0.1) is 0 Å². The molecule has 0 spiro atoms. The minimum Gasteiger partial charge on any atom is -0.475 e. The van der Waals surface area contributed by atoms with E-state index in [-0.39, 0.29) is 6.10 Å². The van der Waals surface area contributed by atoms with Gasteiger partial charge in [-0.2, -0.15) is 0 Å². The number of ether oxygens (including phenoxy) is 1. The van der Waals surface area contributed by atoms with Crippen molar-refractivity contribution in [2.75, 3.05) is 7.05 Å². The molecule has 3 heteroatoms. The molecule has 0 amide bonds. The summed E-state index contributed by atoms with van der Waals surface area (Å²) in [5.74, 6) is 1.36. The topological polar surface area (TPSA) is 34.2 Å². The van der Waals surface area contributed by atoms with E-state index in [1.165, 1.54) is 5.56 Å². The molecule has 1 rings (SSSR count). The lowest BCUT2D eigenvalue weighted by Gasteiger charge is -2.17. The number of pyridine rings is 1. The van der Waals surface area contributed by atoms with Gasteiger partial charge in [-0.25, -0.2) is 4.98 Å². The van der Waals surface area contributed by atoms with Crippen molar-refractivity contribution in [3.63, 3.8) is 0 Å². The zero-order valence-electron chi connectivity index (χ0n) is 11.5. The maximum atomic E-state index is 5.82. The quantitative estimate of drug-likeness (QED) is 0.823. The number of nitrogens with zero attached hydrogens (tertiary/aromatic N) is 1. The van der Waals surface area contributed by atoms with Crippen molar-refractivity contribution >= 4 is 0 Å². The van der Waals surface area contributed by atoms with Crippen molar-refractivity contribution in [1.82, 2.24) is 10.3 Å². The Balaban J connectivity index is 2.65. The van der Waals surface area contributed by atoms with Crippen LogP contribution < -0.4 is 10.1 Å². The normalized spacial score (nSPS) is 14.7. The molecule has 0 aromatic carbocycles. The molecule has 0 aliphatic carbocycles. The van der Waals surface area contributed by atoms with Gasteiger partial charge in [-0.1, -0.05) is 13.8 Å². The van der Waals surface area contributed by atoms with E-state index in [4.69, 9.17) is 4.74 Å². The van der Waals surface area contributed by atoms with E-state index in [1.54, 1.807) is 6.20 Å². The van der Waals surface area contributed by atoms with Gasteiger partial charge in [0, 0.05) is 18.3 Å². The maximum absolute atomic E-state index is 5.82. The summed E-state index contributed by atoms with van der Waals surface area (Å²) in [6.45, 7) is 8.62. The zero-order chi connectivity index (χ0) is 12.8. The third-order valence-electron chi connectivity index (χ3n) is 2.82. The molecule has 2 atom stereocenters. The third kappa shape index (κ3) is 4.73. The molecule has 1 N–H and O–H groups in total. The van der Waals surface area contributed by atoms with Gasteiger partial charge in [0.15, 0.2) is 0 Å². The van der Waals surface area contributed by atoms with E-state index >= 15 is 0 Å². The Morgan fingerprint density at radius 3 is 2.59 bits per heavy atom. The van der Waals surface area contributed by atoms with Crippen LogP contribution in [-0.2, 0) is 0 Å². The highest BCUT2D eigenvalue weighted by Gasteiger charge is 2.09. The van der Waals surface area contributed by atoms with Crippen molar-refractivity contribution in [1.29, 1.82) is 0 Å². The second-order valence-electron chi connectivity index (χ2n) is 5.00. The van der Waals surface area contributed by atoms with Crippen LogP contribution in [-0.4, -0.2) is 18.1 Å². The molecular weight excluding hydrogens is 212 g/mol. The summed E-state index contributed by atoms with van der Waals surface area (Å²) in [5.41, 5.74) is 1.20. The first-order valence-corrected chi connectivity index (χ1v) is 6.32. The minimum absolute atomic E-state index is 0.211. The Kier molecular flexibility index (Phi) is 5.42. The van der Waals surface area contributed by atoms with E-state index < -0.39 is 0 Å². The summed E-state index contributed by atoms with van der Waals surface area (Å²) in [5, 5.41) is 3.21. The van der Waals surface area contributed by atoms with Crippen LogP contribution in [0.4, 0.5) is 0 Å². The lowest BCUT2D eigenvalue weighted by Crippen LogP contribution is -2.16. The molecule has 96 valence electrons. The fourth-order valence-electron chi connectivity index (χ4n) is 1.84. The smallest absolute Gasteiger partial charge is 0.213 e. The SMILES string of the molecule is CNC(C)c1ccnc(OC(C)CC(C)C)c1. The van der Waals surface area contributed by atoms with Crippen molar-refractivity contribution < 1.29 is 4.74 Å². The fourth-order valence-corrected chi connectivity index (χ4v) is 1.84. The Bertz CT molecular complexity index is 339. The summed E-state index contributed by atoms with van der Waals surface area (Å²) in [7, 11) is 1.95. The average Bonchev–Trinajstić information content (AvgIpc) is 2.27. The van der Waals surface area contributed by atoms with Gasteiger partial charge in [0.05, 0.1) is 6.10 Å². The van der Waals surface area contributed by atoms with Crippen molar-refractivity contribution in [3.05, 3.63) is 23.9 Å². The Morgan fingerprint density at radius 2 is 2.00 bits per heavy atom. The third-order valence-corrected chi connectivity index (χ3v) is 2.82. The Labute approximate surface area is 105 Å². The lowest BCUT2D eigenvalue weighted by atomic mass is 10.1.